The van der Waals surface area contributed by atoms with Gasteiger partial charge in [0.1, 0.15) is 12.4 Å². The third-order valence-corrected chi connectivity index (χ3v) is 2.57. The van der Waals surface area contributed by atoms with Crippen molar-refractivity contribution in [3.8, 4) is 5.75 Å². The summed E-state index contributed by atoms with van der Waals surface area (Å²) in [6, 6.07) is 6.37. The first kappa shape index (κ1) is 13.8. The summed E-state index contributed by atoms with van der Waals surface area (Å²) in [7, 11) is 1.68. The van der Waals surface area contributed by atoms with Crippen molar-refractivity contribution in [3.05, 3.63) is 41.5 Å². The summed E-state index contributed by atoms with van der Waals surface area (Å²) < 4.78 is 10.7. The van der Waals surface area contributed by atoms with Gasteiger partial charge in [0.2, 0.25) is 0 Å². The van der Waals surface area contributed by atoms with E-state index in [9.17, 15) is 0 Å². The Balaban J connectivity index is 2.81. The SMILES string of the molecule is C=C(C)Cc1cc(CC)ccc1OCCOC. The molecule has 94 valence electrons. The van der Waals surface area contributed by atoms with Crippen molar-refractivity contribution in [2.24, 2.45) is 0 Å². The maximum absolute atomic E-state index is 5.71. The van der Waals surface area contributed by atoms with Crippen LogP contribution in [-0.4, -0.2) is 20.3 Å². The fourth-order valence-corrected chi connectivity index (χ4v) is 1.69. The molecule has 0 N–H and O–H groups in total. The molecule has 17 heavy (non-hydrogen) atoms. The number of ether oxygens (including phenoxy) is 2. The number of benzene rings is 1. The van der Waals surface area contributed by atoms with E-state index in [2.05, 4.69) is 25.6 Å². The average Bonchev–Trinajstić information content (AvgIpc) is 2.30. The number of aryl methyl sites for hydroxylation is 1. The highest BCUT2D eigenvalue weighted by Gasteiger charge is 2.05. The third-order valence-electron chi connectivity index (χ3n) is 2.57. The molecule has 0 heterocycles. The van der Waals surface area contributed by atoms with Gasteiger partial charge in [0.15, 0.2) is 0 Å². The highest BCUT2D eigenvalue weighted by Crippen LogP contribution is 2.23. The first-order chi connectivity index (χ1) is 8.17. The molecule has 2 nitrogen and oxygen atoms in total. The van der Waals surface area contributed by atoms with E-state index in [-0.39, 0.29) is 0 Å². The van der Waals surface area contributed by atoms with E-state index in [1.54, 1.807) is 7.11 Å². The zero-order chi connectivity index (χ0) is 12.7. The van der Waals surface area contributed by atoms with Crippen molar-refractivity contribution in [2.45, 2.75) is 26.7 Å². The van der Waals surface area contributed by atoms with Crippen molar-refractivity contribution >= 4 is 0 Å². The number of rotatable bonds is 7. The van der Waals surface area contributed by atoms with Crippen molar-refractivity contribution < 1.29 is 9.47 Å². The minimum Gasteiger partial charge on any atom is -0.491 e. The third kappa shape index (κ3) is 4.61. The van der Waals surface area contributed by atoms with Gasteiger partial charge >= 0.3 is 0 Å². The number of methoxy groups -OCH3 is 1. The van der Waals surface area contributed by atoms with Crippen LogP contribution >= 0.6 is 0 Å². The molecule has 1 aromatic carbocycles. The van der Waals surface area contributed by atoms with Crippen molar-refractivity contribution in [3.63, 3.8) is 0 Å². The van der Waals surface area contributed by atoms with E-state index in [0.29, 0.717) is 13.2 Å². The topological polar surface area (TPSA) is 18.5 Å². The summed E-state index contributed by atoms with van der Waals surface area (Å²) in [6.07, 6.45) is 1.91. The summed E-state index contributed by atoms with van der Waals surface area (Å²) >= 11 is 0. The fraction of sp³-hybridized carbons (Fsp3) is 0.467. The van der Waals surface area contributed by atoms with Gasteiger partial charge in [-0.05, 0) is 37.0 Å². The molecule has 0 aromatic heterocycles. The summed E-state index contributed by atoms with van der Waals surface area (Å²) in [4.78, 5) is 0. The molecule has 1 aromatic rings. The van der Waals surface area contributed by atoms with Crippen molar-refractivity contribution in [1.29, 1.82) is 0 Å². The Kier molecular flexibility index (Phi) is 5.78. The lowest BCUT2D eigenvalue weighted by Gasteiger charge is -2.12. The van der Waals surface area contributed by atoms with Crippen LogP contribution in [0.25, 0.3) is 0 Å². The molecular formula is C15H22O2. The van der Waals surface area contributed by atoms with Gasteiger partial charge in [-0.3, -0.25) is 0 Å². The van der Waals surface area contributed by atoms with E-state index >= 15 is 0 Å². The maximum atomic E-state index is 5.71. The molecule has 0 bridgehead atoms. The van der Waals surface area contributed by atoms with Gasteiger partial charge in [-0.25, -0.2) is 0 Å². The quantitative estimate of drug-likeness (QED) is 0.532. The maximum Gasteiger partial charge on any atom is 0.122 e. The highest BCUT2D eigenvalue weighted by molar-refractivity contribution is 5.39. The monoisotopic (exact) mass is 234 g/mol. The Morgan fingerprint density at radius 1 is 1.29 bits per heavy atom. The predicted molar refractivity (Wildman–Crippen MR) is 71.7 cm³/mol. The van der Waals surface area contributed by atoms with Crippen LogP contribution in [0.1, 0.15) is 25.0 Å². The van der Waals surface area contributed by atoms with Crippen LogP contribution < -0.4 is 4.74 Å². The molecule has 0 unspecified atom stereocenters. The van der Waals surface area contributed by atoms with E-state index < -0.39 is 0 Å². The smallest absolute Gasteiger partial charge is 0.122 e. The Bertz CT molecular complexity index is 369. The van der Waals surface area contributed by atoms with E-state index in [1.165, 1.54) is 11.1 Å². The van der Waals surface area contributed by atoms with Gasteiger partial charge in [0.25, 0.3) is 0 Å². The van der Waals surface area contributed by atoms with Crippen LogP contribution in [0.15, 0.2) is 30.4 Å². The second kappa shape index (κ2) is 7.13. The summed E-state index contributed by atoms with van der Waals surface area (Å²) in [5.74, 6) is 0.947. The van der Waals surface area contributed by atoms with Gasteiger partial charge in [-0.15, -0.1) is 0 Å². The van der Waals surface area contributed by atoms with Crippen LogP contribution in [-0.2, 0) is 17.6 Å². The molecule has 0 saturated carbocycles. The molecule has 0 saturated heterocycles. The number of hydrogen-bond acceptors (Lipinski definition) is 2. The summed E-state index contributed by atoms with van der Waals surface area (Å²) in [5.41, 5.74) is 3.70. The summed E-state index contributed by atoms with van der Waals surface area (Å²) in [6.45, 7) is 9.36. The van der Waals surface area contributed by atoms with Gasteiger partial charge in [0.05, 0.1) is 6.61 Å². The molecule has 0 fully saturated rings. The average molecular weight is 234 g/mol. The molecule has 0 aliphatic heterocycles. The summed E-state index contributed by atoms with van der Waals surface area (Å²) in [5, 5.41) is 0. The van der Waals surface area contributed by atoms with Crippen molar-refractivity contribution in [1.82, 2.24) is 0 Å². The van der Waals surface area contributed by atoms with E-state index in [0.717, 1.165) is 24.2 Å². The predicted octanol–water partition coefficient (Wildman–Crippen LogP) is 3.39. The zero-order valence-corrected chi connectivity index (χ0v) is 11.1. The van der Waals surface area contributed by atoms with Crippen LogP contribution in [0.2, 0.25) is 0 Å². The molecule has 0 spiro atoms. The molecule has 0 aliphatic rings. The Morgan fingerprint density at radius 2 is 2.06 bits per heavy atom. The molecule has 0 amide bonds. The van der Waals surface area contributed by atoms with Crippen LogP contribution in [0.3, 0.4) is 0 Å². The highest BCUT2D eigenvalue weighted by atomic mass is 16.5. The van der Waals surface area contributed by atoms with E-state index in [4.69, 9.17) is 9.47 Å². The molecule has 0 aliphatic carbocycles. The number of hydrogen-bond donors (Lipinski definition) is 0. The van der Waals surface area contributed by atoms with Crippen LogP contribution in [0, 0.1) is 0 Å². The van der Waals surface area contributed by atoms with E-state index in [1.807, 2.05) is 13.0 Å². The molecule has 0 atom stereocenters. The van der Waals surface area contributed by atoms with Gasteiger partial charge in [0, 0.05) is 7.11 Å². The lowest BCUT2D eigenvalue weighted by atomic mass is 10.0. The zero-order valence-electron chi connectivity index (χ0n) is 11.1. The molecule has 1 rings (SSSR count). The van der Waals surface area contributed by atoms with Crippen LogP contribution in [0.5, 0.6) is 5.75 Å². The molecule has 2 heteroatoms. The van der Waals surface area contributed by atoms with Gasteiger partial charge in [-0.2, -0.15) is 0 Å². The lowest BCUT2D eigenvalue weighted by molar-refractivity contribution is 0.146. The minimum absolute atomic E-state index is 0.588. The lowest BCUT2D eigenvalue weighted by Crippen LogP contribution is -2.06. The largest absolute Gasteiger partial charge is 0.491 e. The molecule has 0 radical (unpaired) electrons. The Morgan fingerprint density at radius 3 is 2.65 bits per heavy atom. The first-order valence-corrected chi connectivity index (χ1v) is 6.05. The fourth-order valence-electron chi connectivity index (χ4n) is 1.69. The second-order valence-corrected chi connectivity index (χ2v) is 4.27. The Labute approximate surface area is 104 Å². The number of allylic oxidation sites excluding steroid dienone is 1. The Hall–Kier alpha value is -1.28. The second-order valence-electron chi connectivity index (χ2n) is 4.27. The molecular weight excluding hydrogens is 212 g/mol. The normalized spacial score (nSPS) is 10.3. The van der Waals surface area contributed by atoms with Crippen LogP contribution in [0.4, 0.5) is 0 Å². The standard InChI is InChI=1S/C15H22O2/c1-5-13-6-7-15(17-9-8-16-4)14(11-13)10-12(2)3/h6-7,11H,2,5,8-10H2,1,3-4H3. The van der Waals surface area contributed by atoms with Gasteiger partial charge < -0.3 is 9.47 Å². The minimum atomic E-state index is 0.588. The van der Waals surface area contributed by atoms with Crippen molar-refractivity contribution in [2.75, 3.05) is 20.3 Å². The first-order valence-electron chi connectivity index (χ1n) is 6.05. The van der Waals surface area contributed by atoms with Gasteiger partial charge in [-0.1, -0.05) is 31.2 Å².